The second-order valence-electron chi connectivity index (χ2n) is 7.82. The van der Waals surface area contributed by atoms with Crippen molar-refractivity contribution < 1.29 is 59.3 Å². The summed E-state index contributed by atoms with van der Waals surface area (Å²) >= 11 is 0. The van der Waals surface area contributed by atoms with Gasteiger partial charge in [-0.15, -0.1) is 0 Å². The van der Waals surface area contributed by atoms with Gasteiger partial charge in [-0.05, 0) is 13.3 Å². The van der Waals surface area contributed by atoms with E-state index in [0.29, 0.717) is 6.42 Å². The van der Waals surface area contributed by atoms with Crippen molar-refractivity contribution in [2.45, 2.75) is 69.6 Å². The fraction of sp³-hybridized carbons (Fsp3) is 0.714. The SMILES string of the molecule is C=C(C)C(=O)OCC(COC(=O)C(=C)CO)CC(F)(F)C(F)(F)C(F)(F)C(F)(F)CCCCC. The first kappa shape index (κ1) is 31.8. The Kier molecular flexibility index (Phi) is 11.7. The molecule has 0 aromatic rings. The number of halogens is 8. The highest BCUT2D eigenvalue weighted by Crippen LogP contribution is 2.55. The van der Waals surface area contributed by atoms with E-state index in [4.69, 9.17) is 5.11 Å². The average Bonchev–Trinajstić information content (AvgIpc) is 2.73. The van der Waals surface area contributed by atoms with Crippen LogP contribution in [-0.4, -0.2) is 60.6 Å². The number of ether oxygens (including phenoxy) is 2. The zero-order chi connectivity index (χ0) is 27.0. The first-order chi connectivity index (χ1) is 15.4. The Bertz CT molecular complexity index is 737. The summed E-state index contributed by atoms with van der Waals surface area (Å²) in [5.74, 6) is -28.6. The molecule has 0 saturated carbocycles. The lowest BCUT2D eigenvalue weighted by Gasteiger charge is -2.38. The lowest BCUT2D eigenvalue weighted by molar-refractivity contribution is -0.369. The van der Waals surface area contributed by atoms with Crippen LogP contribution in [0, 0.1) is 5.92 Å². The van der Waals surface area contributed by atoms with E-state index < -0.39 is 86.2 Å². The van der Waals surface area contributed by atoms with Crippen molar-refractivity contribution in [1.29, 1.82) is 0 Å². The van der Waals surface area contributed by atoms with Gasteiger partial charge in [0.05, 0.1) is 25.4 Å². The third kappa shape index (κ3) is 7.95. The second kappa shape index (κ2) is 12.5. The summed E-state index contributed by atoms with van der Waals surface area (Å²) in [7, 11) is 0. The summed E-state index contributed by atoms with van der Waals surface area (Å²) in [6.45, 7) is 5.79. The van der Waals surface area contributed by atoms with Crippen molar-refractivity contribution in [2.24, 2.45) is 5.92 Å². The number of aliphatic hydroxyl groups excluding tert-OH is 1. The number of carbonyl (C=O) groups excluding carboxylic acids is 2. The molecule has 0 saturated heterocycles. The highest BCUT2D eigenvalue weighted by Gasteiger charge is 2.79. The first-order valence-electron chi connectivity index (χ1n) is 10.2. The molecule has 0 amide bonds. The maximum Gasteiger partial charge on any atom is 0.378 e. The van der Waals surface area contributed by atoms with E-state index in [2.05, 4.69) is 22.6 Å². The number of alkyl halides is 8. The minimum Gasteiger partial charge on any atom is -0.462 e. The molecule has 13 heteroatoms. The van der Waals surface area contributed by atoms with E-state index >= 15 is 0 Å². The summed E-state index contributed by atoms with van der Waals surface area (Å²) in [6.07, 6.45) is -4.25. The number of esters is 2. The largest absolute Gasteiger partial charge is 0.462 e. The van der Waals surface area contributed by atoms with Crippen LogP contribution in [0.5, 0.6) is 0 Å². The minimum atomic E-state index is -6.51. The summed E-state index contributed by atoms with van der Waals surface area (Å²) in [4.78, 5) is 23.0. The van der Waals surface area contributed by atoms with Gasteiger partial charge < -0.3 is 14.6 Å². The van der Waals surface area contributed by atoms with Gasteiger partial charge in [0.25, 0.3) is 0 Å². The normalized spacial score (nSPS) is 13.9. The van der Waals surface area contributed by atoms with Crippen molar-refractivity contribution in [1.82, 2.24) is 0 Å². The Labute approximate surface area is 191 Å². The van der Waals surface area contributed by atoms with Crippen LogP contribution in [0.4, 0.5) is 35.1 Å². The molecule has 198 valence electrons. The summed E-state index contributed by atoms with van der Waals surface area (Å²) in [5.41, 5.74) is -0.771. The maximum absolute atomic E-state index is 14.4. The molecule has 5 nitrogen and oxygen atoms in total. The van der Waals surface area contributed by atoms with E-state index in [-0.39, 0.29) is 12.0 Å². The number of hydrogen-bond acceptors (Lipinski definition) is 5. The molecule has 0 aromatic heterocycles. The highest BCUT2D eigenvalue weighted by atomic mass is 19.4. The van der Waals surface area contributed by atoms with Crippen LogP contribution in [-0.2, 0) is 19.1 Å². The third-order valence-corrected chi connectivity index (χ3v) is 4.68. The van der Waals surface area contributed by atoms with E-state index in [9.17, 15) is 44.7 Å². The quantitative estimate of drug-likeness (QED) is 0.131. The number of aliphatic hydroxyl groups is 1. The predicted molar refractivity (Wildman–Crippen MR) is 105 cm³/mol. The second-order valence-corrected chi connectivity index (χ2v) is 7.82. The fourth-order valence-electron chi connectivity index (χ4n) is 2.55. The predicted octanol–water partition coefficient (Wildman–Crippen LogP) is 5.33. The zero-order valence-corrected chi connectivity index (χ0v) is 18.8. The monoisotopic (exact) mass is 512 g/mol. The van der Waals surface area contributed by atoms with E-state index in [1.54, 1.807) is 0 Å². The summed E-state index contributed by atoms with van der Waals surface area (Å²) in [5, 5.41) is 8.79. The Morgan fingerprint density at radius 2 is 1.32 bits per heavy atom. The number of hydrogen-bond donors (Lipinski definition) is 1. The minimum absolute atomic E-state index is 0.00566. The summed E-state index contributed by atoms with van der Waals surface area (Å²) in [6, 6.07) is 0. The molecule has 0 aliphatic heterocycles. The van der Waals surface area contributed by atoms with Crippen molar-refractivity contribution in [3.8, 4) is 0 Å². The number of carbonyl (C=O) groups is 2. The van der Waals surface area contributed by atoms with Gasteiger partial charge in [0.2, 0.25) is 0 Å². The molecule has 0 aliphatic rings. The van der Waals surface area contributed by atoms with Crippen LogP contribution in [0.3, 0.4) is 0 Å². The maximum atomic E-state index is 14.4. The van der Waals surface area contributed by atoms with E-state index in [1.807, 2.05) is 0 Å². The lowest BCUT2D eigenvalue weighted by atomic mass is 9.90. The molecule has 1 atom stereocenters. The van der Waals surface area contributed by atoms with Gasteiger partial charge in [-0.1, -0.05) is 32.9 Å². The van der Waals surface area contributed by atoms with Gasteiger partial charge in [0.15, 0.2) is 0 Å². The fourth-order valence-corrected chi connectivity index (χ4v) is 2.55. The molecule has 1 unspecified atom stereocenters. The molecule has 0 spiro atoms. The van der Waals surface area contributed by atoms with E-state index in [0.717, 1.165) is 6.92 Å². The van der Waals surface area contributed by atoms with Crippen molar-refractivity contribution in [2.75, 3.05) is 19.8 Å². The Morgan fingerprint density at radius 1 is 0.853 bits per heavy atom. The standard InChI is InChI=1S/C21H28F8O5/c1-5-6-7-8-18(22,23)20(26,27)21(28,29)19(24,25)9-15(11-33-16(31)13(2)3)12-34-17(32)14(4)10-30/h15,30H,2,4-12H2,1,3H3. The molecule has 0 fully saturated rings. The van der Waals surface area contributed by atoms with Crippen molar-refractivity contribution >= 4 is 11.9 Å². The Balaban J connectivity index is 5.79. The molecule has 0 bridgehead atoms. The summed E-state index contributed by atoms with van der Waals surface area (Å²) < 4.78 is 122. The van der Waals surface area contributed by atoms with Gasteiger partial charge in [0, 0.05) is 24.3 Å². The average molecular weight is 512 g/mol. The molecule has 0 rings (SSSR count). The molecule has 0 heterocycles. The van der Waals surface area contributed by atoms with E-state index in [1.165, 1.54) is 6.92 Å². The Hall–Kier alpha value is -2.18. The van der Waals surface area contributed by atoms with Gasteiger partial charge in [-0.2, -0.15) is 35.1 Å². The molecule has 34 heavy (non-hydrogen) atoms. The topological polar surface area (TPSA) is 72.8 Å². The molecule has 1 N–H and O–H groups in total. The molecular formula is C21H28F8O5. The lowest BCUT2D eigenvalue weighted by Crippen LogP contribution is -2.62. The third-order valence-electron chi connectivity index (χ3n) is 4.68. The van der Waals surface area contributed by atoms with Crippen LogP contribution in [0.2, 0.25) is 0 Å². The van der Waals surface area contributed by atoms with Gasteiger partial charge >= 0.3 is 35.6 Å². The zero-order valence-electron chi connectivity index (χ0n) is 18.8. The van der Waals surface area contributed by atoms with Crippen molar-refractivity contribution in [3.63, 3.8) is 0 Å². The van der Waals surface area contributed by atoms with Crippen LogP contribution in [0.1, 0.15) is 46.0 Å². The molecule has 0 aromatic carbocycles. The van der Waals surface area contributed by atoms with Crippen LogP contribution >= 0.6 is 0 Å². The highest BCUT2D eigenvalue weighted by molar-refractivity contribution is 5.88. The molecule has 0 radical (unpaired) electrons. The Morgan fingerprint density at radius 3 is 1.76 bits per heavy atom. The number of rotatable bonds is 16. The van der Waals surface area contributed by atoms with Crippen molar-refractivity contribution in [3.05, 3.63) is 24.3 Å². The van der Waals surface area contributed by atoms with Gasteiger partial charge in [-0.25, -0.2) is 9.59 Å². The number of unbranched alkanes of at least 4 members (excludes halogenated alkanes) is 2. The van der Waals surface area contributed by atoms with Gasteiger partial charge in [-0.3, -0.25) is 0 Å². The van der Waals surface area contributed by atoms with Crippen LogP contribution in [0.25, 0.3) is 0 Å². The van der Waals surface area contributed by atoms with Crippen LogP contribution in [0.15, 0.2) is 24.3 Å². The first-order valence-corrected chi connectivity index (χ1v) is 10.2. The molecule has 0 aliphatic carbocycles. The van der Waals surface area contributed by atoms with Crippen LogP contribution < -0.4 is 0 Å². The smallest absolute Gasteiger partial charge is 0.378 e. The molecular weight excluding hydrogens is 484 g/mol. The van der Waals surface area contributed by atoms with Gasteiger partial charge in [0.1, 0.15) is 0 Å².